The first-order valence-corrected chi connectivity index (χ1v) is 10.2. The molecule has 158 valence electrons. The van der Waals surface area contributed by atoms with Crippen molar-refractivity contribution in [1.82, 2.24) is 10.6 Å². The molecule has 6 nitrogen and oxygen atoms in total. The molecule has 0 bridgehead atoms. The van der Waals surface area contributed by atoms with Crippen molar-refractivity contribution in [2.75, 3.05) is 33.2 Å². The van der Waals surface area contributed by atoms with E-state index < -0.39 is 0 Å². The van der Waals surface area contributed by atoms with E-state index in [-0.39, 0.29) is 36.6 Å². The molecule has 0 atom stereocenters. The number of nitrogens with one attached hydrogen (secondary N) is 2. The van der Waals surface area contributed by atoms with Crippen LogP contribution in [0, 0.1) is 0 Å². The lowest BCUT2D eigenvalue weighted by atomic mass is 9.94. The number of para-hydroxylation sites is 1. The predicted octanol–water partition coefficient (Wildman–Crippen LogP) is 3.72. The largest absolute Gasteiger partial charge is 0.661 e. The molecule has 0 aromatic heterocycles. The Morgan fingerprint density at radius 3 is 2.21 bits per heavy atom. The van der Waals surface area contributed by atoms with E-state index in [1.165, 1.54) is 0 Å². The SMILES string of the molecule is CNCCC[N-]CCNC(=O)CCC(=O)Oc1c(C(C)C)cccc1C(C)C. The maximum absolute atomic E-state index is 12.3. The number of esters is 1. The molecule has 0 unspecified atom stereocenters. The van der Waals surface area contributed by atoms with Gasteiger partial charge in [0.1, 0.15) is 5.75 Å². The van der Waals surface area contributed by atoms with Crippen LogP contribution in [0.1, 0.15) is 69.9 Å². The molecule has 0 spiro atoms. The Kier molecular flexibility index (Phi) is 11.4. The lowest BCUT2D eigenvalue weighted by Crippen LogP contribution is -2.27. The molecule has 6 heteroatoms. The molecule has 0 saturated carbocycles. The van der Waals surface area contributed by atoms with E-state index in [9.17, 15) is 9.59 Å². The fourth-order valence-corrected chi connectivity index (χ4v) is 2.82. The molecule has 0 aliphatic heterocycles. The zero-order chi connectivity index (χ0) is 20.9. The number of rotatable bonds is 13. The van der Waals surface area contributed by atoms with Crippen molar-refractivity contribution >= 4 is 11.9 Å². The van der Waals surface area contributed by atoms with Crippen LogP contribution < -0.4 is 15.4 Å². The van der Waals surface area contributed by atoms with Crippen molar-refractivity contribution in [3.8, 4) is 5.75 Å². The Hall–Kier alpha value is -1.92. The standard InChI is InChI=1S/C22H36N3O3/c1-16(2)18-8-6-9-19(17(3)4)22(18)28-21(27)11-10-20(26)25-15-14-24-13-7-12-23-5/h6,8-9,16-17,23H,7,10-15H2,1-5H3,(H,25,26)/q-1. The van der Waals surface area contributed by atoms with Crippen molar-refractivity contribution in [3.63, 3.8) is 0 Å². The van der Waals surface area contributed by atoms with Gasteiger partial charge in [0, 0.05) is 6.42 Å². The zero-order valence-electron chi connectivity index (χ0n) is 18.0. The van der Waals surface area contributed by atoms with E-state index in [1.807, 2.05) is 25.2 Å². The average molecular weight is 391 g/mol. The minimum absolute atomic E-state index is 0.0646. The van der Waals surface area contributed by atoms with E-state index >= 15 is 0 Å². The summed E-state index contributed by atoms with van der Waals surface area (Å²) in [6.45, 7) is 11.1. The van der Waals surface area contributed by atoms with Crippen LogP contribution in [0.25, 0.3) is 5.32 Å². The Morgan fingerprint density at radius 1 is 1.00 bits per heavy atom. The van der Waals surface area contributed by atoms with Crippen LogP contribution in [-0.4, -0.2) is 45.1 Å². The molecule has 1 aromatic carbocycles. The van der Waals surface area contributed by atoms with Crippen LogP contribution in [0.3, 0.4) is 0 Å². The van der Waals surface area contributed by atoms with E-state index in [1.54, 1.807) is 0 Å². The Labute approximate surface area is 169 Å². The maximum atomic E-state index is 12.3. The van der Waals surface area contributed by atoms with Gasteiger partial charge in [-0.15, -0.1) is 13.1 Å². The number of carbonyl (C=O) groups excluding carboxylic acids is 2. The third-order valence-electron chi connectivity index (χ3n) is 4.43. The first-order valence-electron chi connectivity index (χ1n) is 10.2. The summed E-state index contributed by atoms with van der Waals surface area (Å²) in [6, 6.07) is 5.98. The highest BCUT2D eigenvalue weighted by Crippen LogP contribution is 2.34. The molecule has 0 aliphatic rings. The van der Waals surface area contributed by atoms with Gasteiger partial charge in [-0.2, -0.15) is 0 Å². The van der Waals surface area contributed by atoms with Gasteiger partial charge in [0.15, 0.2) is 0 Å². The van der Waals surface area contributed by atoms with Gasteiger partial charge in [-0.05, 0) is 43.1 Å². The number of benzene rings is 1. The number of ether oxygens (including phenoxy) is 1. The van der Waals surface area contributed by atoms with Crippen LogP contribution in [0.2, 0.25) is 0 Å². The summed E-state index contributed by atoms with van der Waals surface area (Å²) >= 11 is 0. The van der Waals surface area contributed by atoms with Gasteiger partial charge in [0.25, 0.3) is 0 Å². The van der Waals surface area contributed by atoms with Crippen molar-refractivity contribution in [2.45, 2.75) is 58.8 Å². The molecule has 0 aliphatic carbocycles. The molecule has 0 saturated heterocycles. The number of amides is 1. The van der Waals surface area contributed by atoms with E-state index in [2.05, 4.69) is 43.6 Å². The van der Waals surface area contributed by atoms with Gasteiger partial charge in [-0.25, -0.2) is 0 Å². The van der Waals surface area contributed by atoms with Crippen LogP contribution in [0.15, 0.2) is 18.2 Å². The van der Waals surface area contributed by atoms with E-state index in [0.29, 0.717) is 18.8 Å². The summed E-state index contributed by atoms with van der Waals surface area (Å²) < 4.78 is 5.69. The Bertz CT molecular complexity index is 589. The normalized spacial score (nSPS) is 11.1. The Balaban J connectivity index is 2.43. The van der Waals surface area contributed by atoms with Gasteiger partial charge >= 0.3 is 5.97 Å². The quantitative estimate of drug-likeness (QED) is 0.306. The smallest absolute Gasteiger partial charge is 0.311 e. The predicted molar refractivity (Wildman–Crippen MR) is 114 cm³/mol. The van der Waals surface area contributed by atoms with Crippen molar-refractivity contribution in [2.24, 2.45) is 0 Å². The van der Waals surface area contributed by atoms with Crippen LogP contribution in [0.5, 0.6) is 5.75 Å². The van der Waals surface area contributed by atoms with E-state index in [0.717, 1.165) is 30.6 Å². The maximum Gasteiger partial charge on any atom is 0.311 e. The van der Waals surface area contributed by atoms with Gasteiger partial charge in [-0.1, -0.05) is 52.3 Å². The molecule has 0 radical (unpaired) electrons. The molecule has 1 rings (SSSR count). The summed E-state index contributed by atoms with van der Waals surface area (Å²) in [4.78, 5) is 24.2. The van der Waals surface area contributed by atoms with Gasteiger partial charge in [0.05, 0.1) is 6.42 Å². The molecule has 28 heavy (non-hydrogen) atoms. The lowest BCUT2D eigenvalue weighted by Gasteiger charge is -2.19. The highest BCUT2D eigenvalue weighted by atomic mass is 16.5. The second-order valence-electron chi connectivity index (χ2n) is 7.53. The molecular weight excluding hydrogens is 354 g/mol. The molecule has 2 N–H and O–H groups in total. The number of hydrogen-bond acceptors (Lipinski definition) is 4. The molecule has 1 amide bonds. The highest BCUT2D eigenvalue weighted by Gasteiger charge is 2.18. The van der Waals surface area contributed by atoms with Crippen LogP contribution >= 0.6 is 0 Å². The van der Waals surface area contributed by atoms with Gasteiger partial charge < -0.3 is 20.7 Å². The fourth-order valence-electron chi connectivity index (χ4n) is 2.82. The average Bonchev–Trinajstić information content (AvgIpc) is 2.65. The van der Waals surface area contributed by atoms with Crippen molar-refractivity contribution in [3.05, 3.63) is 34.6 Å². The molecular formula is C22H36N3O3-. The van der Waals surface area contributed by atoms with Crippen molar-refractivity contribution in [1.29, 1.82) is 0 Å². The third kappa shape index (κ3) is 8.85. The highest BCUT2D eigenvalue weighted by molar-refractivity contribution is 5.82. The number of hydrogen-bond donors (Lipinski definition) is 2. The minimum Gasteiger partial charge on any atom is -0.661 e. The second-order valence-corrected chi connectivity index (χ2v) is 7.53. The topological polar surface area (TPSA) is 81.5 Å². The summed E-state index contributed by atoms with van der Waals surface area (Å²) in [5.41, 5.74) is 2.03. The zero-order valence-corrected chi connectivity index (χ0v) is 18.0. The monoisotopic (exact) mass is 390 g/mol. The van der Waals surface area contributed by atoms with Crippen molar-refractivity contribution < 1.29 is 14.3 Å². The summed E-state index contributed by atoms with van der Waals surface area (Å²) in [7, 11) is 1.91. The minimum atomic E-state index is -0.373. The van der Waals surface area contributed by atoms with Gasteiger partial charge in [-0.3, -0.25) is 9.59 Å². The van der Waals surface area contributed by atoms with Gasteiger partial charge in [0.2, 0.25) is 5.91 Å². The first kappa shape index (κ1) is 24.1. The third-order valence-corrected chi connectivity index (χ3v) is 4.43. The Morgan fingerprint density at radius 2 is 1.64 bits per heavy atom. The molecule has 0 heterocycles. The van der Waals surface area contributed by atoms with Crippen LogP contribution in [-0.2, 0) is 9.59 Å². The second kappa shape index (κ2) is 13.3. The molecule has 0 fully saturated rings. The molecule has 1 aromatic rings. The number of nitrogens with zero attached hydrogens (tertiary/aromatic N) is 1. The number of carbonyl (C=O) groups is 2. The lowest BCUT2D eigenvalue weighted by molar-refractivity contribution is -0.136. The first-order chi connectivity index (χ1) is 13.4. The fraction of sp³-hybridized carbons (Fsp3) is 0.636. The summed E-state index contributed by atoms with van der Waals surface area (Å²) in [5.74, 6) is 0.632. The summed E-state index contributed by atoms with van der Waals surface area (Å²) in [6.07, 6.45) is 1.18. The van der Waals surface area contributed by atoms with E-state index in [4.69, 9.17) is 4.74 Å². The van der Waals surface area contributed by atoms with Crippen LogP contribution in [0.4, 0.5) is 0 Å². The summed E-state index contributed by atoms with van der Waals surface area (Å²) in [5, 5.41) is 10.2.